The second-order valence-corrected chi connectivity index (χ2v) is 7.77. The molecule has 1 amide bonds. The quantitative estimate of drug-likeness (QED) is 0.341. The lowest BCUT2D eigenvalue weighted by Crippen LogP contribution is -2.32. The molecule has 1 unspecified atom stereocenters. The van der Waals surface area contributed by atoms with Gasteiger partial charge in [0.15, 0.2) is 5.75 Å². The summed E-state index contributed by atoms with van der Waals surface area (Å²) in [5.74, 6) is -1.02. The number of ether oxygens (including phenoxy) is 3. The number of benzene rings is 2. The highest BCUT2D eigenvalue weighted by Gasteiger charge is 2.46. The average Bonchev–Trinajstić information content (AvgIpc) is 3.02. The number of aliphatic hydroxyl groups excluding tert-OH is 1. The van der Waals surface area contributed by atoms with Crippen LogP contribution in [-0.4, -0.2) is 55.7 Å². The Hall–Kier alpha value is -2.74. The molecule has 0 bridgehead atoms. The van der Waals surface area contributed by atoms with Gasteiger partial charge in [0.2, 0.25) is 0 Å². The Kier molecular flexibility index (Phi) is 7.66. The molecule has 1 aliphatic rings. The highest BCUT2D eigenvalue weighted by molar-refractivity contribution is 6.46. The Labute approximate surface area is 196 Å². The van der Waals surface area contributed by atoms with Crippen molar-refractivity contribution in [3.05, 3.63) is 63.1 Å². The molecule has 2 aromatic rings. The summed E-state index contributed by atoms with van der Waals surface area (Å²) in [6.45, 7) is 2.77. The van der Waals surface area contributed by atoms with Gasteiger partial charge in [-0.05, 0) is 36.8 Å². The SMILES string of the molecule is CCOc1ccc(C2/C(=C(\O)c3cc(Cl)c(OC)c(Cl)c3)C(=O)C(=O)N2CCOC)cc1. The third-order valence-corrected chi connectivity index (χ3v) is 5.62. The van der Waals surface area contributed by atoms with Crippen molar-refractivity contribution < 1.29 is 28.9 Å². The van der Waals surface area contributed by atoms with E-state index in [1.165, 1.54) is 31.3 Å². The van der Waals surface area contributed by atoms with E-state index in [2.05, 4.69) is 0 Å². The number of methoxy groups -OCH3 is 2. The number of nitrogens with zero attached hydrogens (tertiary/aromatic N) is 1. The molecule has 2 aromatic carbocycles. The zero-order valence-electron chi connectivity index (χ0n) is 17.9. The molecule has 1 saturated heterocycles. The average molecular weight is 480 g/mol. The monoisotopic (exact) mass is 479 g/mol. The molecule has 0 spiro atoms. The molecule has 1 heterocycles. The first-order chi connectivity index (χ1) is 15.3. The minimum Gasteiger partial charge on any atom is -0.507 e. The van der Waals surface area contributed by atoms with E-state index >= 15 is 0 Å². The van der Waals surface area contributed by atoms with Gasteiger partial charge in [0.1, 0.15) is 11.5 Å². The van der Waals surface area contributed by atoms with E-state index in [1.807, 2.05) is 6.92 Å². The van der Waals surface area contributed by atoms with Crippen molar-refractivity contribution >= 4 is 40.7 Å². The van der Waals surface area contributed by atoms with Gasteiger partial charge in [-0.1, -0.05) is 35.3 Å². The topological polar surface area (TPSA) is 85.3 Å². The predicted molar refractivity (Wildman–Crippen MR) is 122 cm³/mol. The molecular formula is C23H23Cl2NO6. The number of hydrogen-bond acceptors (Lipinski definition) is 6. The number of likely N-dealkylation sites (tertiary alicyclic amines) is 1. The van der Waals surface area contributed by atoms with Gasteiger partial charge >= 0.3 is 0 Å². The number of Topliss-reactive ketones (excluding diaryl/α,β-unsaturated/α-hetero) is 1. The third-order valence-electron chi connectivity index (χ3n) is 5.06. The van der Waals surface area contributed by atoms with Crippen LogP contribution in [0.5, 0.6) is 11.5 Å². The van der Waals surface area contributed by atoms with Gasteiger partial charge < -0.3 is 24.2 Å². The lowest BCUT2D eigenvalue weighted by atomic mass is 9.95. The molecule has 170 valence electrons. The Balaban J connectivity index is 2.16. The maximum absolute atomic E-state index is 13.0. The standard InChI is InChI=1S/C23H23Cl2NO6/c1-4-32-15-7-5-13(6-8-15)19-18(21(28)23(29)26(19)9-10-30-2)20(27)14-11-16(24)22(31-3)17(25)12-14/h5-8,11-12,19,27H,4,9-10H2,1-3H3/b20-18+. The zero-order valence-corrected chi connectivity index (χ0v) is 19.4. The Morgan fingerprint density at radius 1 is 1.09 bits per heavy atom. The first-order valence-electron chi connectivity index (χ1n) is 9.87. The molecule has 1 atom stereocenters. The fraction of sp³-hybridized carbons (Fsp3) is 0.304. The summed E-state index contributed by atoms with van der Waals surface area (Å²) in [4.78, 5) is 27.2. The maximum atomic E-state index is 13.0. The van der Waals surface area contributed by atoms with E-state index in [-0.39, 0.29) is 45.8 Å². The van der Waals surface area contributed by atoms with Crippen LogP contribution in [0.1, 0.15) is 24.1 Å². The van der Waals surface area contributed by atoms with E-state index in [0.29, 0.717) is 17.9 Å². The van der Waals surface area contributed by atoms with Crippen molar-refractivity contribution in [3.8, 4) is 11.5 Å². The number of carbonyl (C=O) groups excluding carboxylic acids is 2. The summed E-state index contributed by atoms with van der Waals surface area (Å²) in [7, 11) is 2.92. The van der Waals surface area contributed by atoms with Crippen LogP contribution in [0, 0.1) is 0 Å². The molecule has 7 nitrogen and oxygen atoms in total. The Morgan fingerprint density at radius 2 is 1.72 bits per heavy atom. The van der Waals surface area contributed by atoms with Crippen LogP contribution < -0.4 is 9.47 Å². The van der Waals surface area contributed by atoms with Crippen molar-refractivity contribution in [1.29, 1.82) is 0 Å². The van der Waals surface area contributed by atoms with E-state index in [4.69, 9.17) is 37.4 Å². The van der Waals surface area contributed by atoms with E-state index in [0.717, 1.165) is 0 Å². The summed E-state index contributed by atoms with van der Waals surface area (Å²) in [5.41, 5.74) is 0.769. The van der Waals surface area contributed by atoms with E-state index in [9.17, 15) is 14.7 Å². The summed E-state index contributed by atoms with van der Waals surface area (Å²) in [6, 6.07) is 9.04. The van der Waals surface area contributed by atoms with Crippen molar-refractivity contribution in [2.75, 3.05) is 34.0 Å². The molecule has 0 aromatic heterocycles. The maximum Gasteiger partial charge on any atom is 0.295 e. The second kappa shape index (κ2) is 10.3. The van der Waals surface area contributed by atoms with Gasteiger partial charge in [0, 0.05) is 19.2 Å². The minimum atomic E-state index is -0.819. The van der Waals surface area contributed by atoms with Crippen LogP contribution >= 0.6 is 23.2 Å². The van der Waals surface area contributed by atoms with Crippen molar-refractivity contribution in [3.63, 3.8) is 0 Å². The second-order valence-electron chi connectivity index (χ2n) is 6.96. The Bertz CT molecular complexity index is 1030. The number of halogens is 2. The van der Waals surface area contributed by atoms with Gasteiger partial charge in [0.25, 0.3) is 11.7 Å². The molecule has 0 saturated carbocycles. The highest BCUT2D eigenvalue weighted by atomic mass is 35.5. The van der Waals surface area contributed by atoms with Crippen LogP contribution in [0.15, 0.2) is 42.0 Å². The normalized spacial score (nSPS) is 17.7. The van der Waals surface area contributed by atoms with E-state index in [1.54, 1.807) is 24.3 Å². The van der Waals surface area contributed by atoms with Crippen molar-refractivity contribution in [1.82, 2.24) is 4.90 Å². The molecule has 0 radical (unpaired) electrons. The fourth-order valence-electron chi connectivity index (χ4n) is 3.61. The van der Waals surface area contributed by atoms with Crippen LogP contribution in [-0.2, 0) is 14.3 Å². The number of carbonyl (C=O) groups is 2. The summed E-state index contributed by atoms with van der Waals surface area (Å²) in [5, 5.41) is 11.4. The van der Waals surface area contributed by atoms with E-state index < -0.39 is 17.7 Å². The van der Waals surface area contributed by atoms with Crippen LogP contribution in [0.3, 0.4) is 0 Å². The number of aliphatic hydroxyl groups is 1. The van der Waals surface area contributed by atoms with Gasteiger partial charge in [-0.15, -0.1) is 0 Å². The number of rotatable bonds is 8. The lowest BCUT2D eigenvalue weighted by molar-refractivity contribution is -0.140. The molecular weight excluding hydrogens is 457 g/mol. The van der Waals surface area contributed by atoms with Crippen molar-refractivity contribution in [2.24, 2.45) is 0 Å². The summed E-state index contributed by atoms with van der Waals surface area (Å²) in [6.07, 6.45) is 0. The van der Waals surface area contributed by atoms with Gasteiger partial charge in [-0.3, -0.25) is 9.59 Å². The third kappa shape index (κ3) is 4.55. The van der Waals surface area contributed by atoms with Gasteiger partial charge in [0.05, 0.1) is 42.0 Å². The highest BCUT2D eigenvalue weighted by Crippen LogP contribution is 2.42. The van der Waals surface area contributed by atoms with Gasteiger partial charge in [-0.25, -0.2) is 0 Å². The molecule has 32 heavy (non-hydrogen) atoms. The predicted octanol–water partition coefficient (Wildman–Crippen LogP) is 4.47. The molecule has 0 aliphatic carbocycles. The summed E-state index contributed by atoms with van der Waals surface area (Å²) < 4.78 is 15.7. The first kappa shape index (κ1) is 23.9. The molecule has 1 fully saturated rings. The Morgan fingerprint density at radius 3 is 2.25 bits per heavy atom. The minimum absolute atomic E-state index is 0.0624. The molecule has 1 N–H and O–H groups in total. The zero-order chi connectivity index (χ0) is 23.4. The number of hydrogen-bond donors (Lipinski definition) is 1. The van der Waals surface area contributed by atoms with Crippen molar-refractivity contribution in [2.45, 2.75) is 13.0 Å². The molecule has 3 rings (SSSR count). The number of amides is 1. The summed E-state index contributed by atoms with van der Waals surface area (Å²) >= 11 is 12.4. The lowest BCUT2D eigenvalue weighted by Gasteiger charge is -2.25. The smallest absolute Gasteiger partial charge is 0.295 e. The van der Waals surface area contributed by atoms with Crippen LogP contribution in [0.25, 0.3) is 5.76 Å². The molecule has 1 aliphatic heterocycles. The van der Waals surface area contributed by atoms with Crippen LogP contribution in [0.4, 0.5) is 0 Å². The van der Waals surface area contributed by atoms with Crippen LogP contribution in [0.2, 0.25) is 10.0 Å². The fourth-order valence-corrected chi connectivity index (χ4v) is 4.25. The van der Waals surface area contributed by atoms with Gasteiger partial charge in [-0.2, -0.15) is 0 Å². The first-order valence-corrected chi connectivity index (χ1v) is 10.6. The largest absolute Gasteiger partial charge is 0.507 e. The number of ketones is 1. The molecule has 9 heteroatoms.